The van der Waals surface area contributed by atoms with Gasteiger partial charge in [-0.05, 0) is 46.0 Å². The molecule has 0 bridgehead atoms. The Kier molecular flexibility index (Phi) is 6.22. The monoisotopic (exact) mass is 344 g/mol. The Balaban J connectivity index is 2.51. The number of carbonyl (C=O) groups is 1. The number of nitrogens with two attached hydrogens (primary N) is 1. The predicted molar refractivity (Wildman–Crippen MR) is 89.8 cm³/mol. The van der Waals surface area contributed by atoms with Crippen molar-refractivity contribution in [3.05, 3.63) is 18.2 Å². The Bertz CT molecular complexity index is 653. The molecule has 1 amide bonds. The molecule has 23 heavy (non-hydrogen) atoms. The molecule has 0 spiro atoms. The van der Waals surface area contributed by atoms with E-state index in [0.29, 0.717) is 18.8 Å². The number of ether oxygens (including phenoxy) is 1. The third kappa shape index (κ3) is 6.33. The maximum atomic E-state index is 11.7. The maximum absolute atomic E-state index is 11.7. The summed E-state index contributed by atoms with van der Waals surface area (Å²) in [6.45, 7) is 6.15. The first-order valence-corrected chi connectivity index (χ1v) is 8.57. The van der Waals surface area contributed by atoms with Crippen LogP contribution in [0.15, 0.2) is 23.1 Å². The molecule has 0 aromatic heterocycles. The second-order valence-electron chi connectivity index (χ2n) is 5.82. The van der Waals surface area contributed by atoms with Crippen LogP contribution in [-0.2, 0) is 14.8 Å². The van der Waals surface area contributed by atoms with Gasteiger partial charge in [-0.2, -0.15) is 0 Å². The van der Waals surface area contributed by atoms with Crippen molar-refractivity contribution in [1.82, 2.24) is 10.0 Å². The Hall–Kier alpha value is -2.00. The molecule has 130 valence electrons. The van der Waals surface area contributed by atoms with Crippen molar-refractivity contribution >= 4 is 27.5 Å². The van der Waals surface area contributed by atoms with Gasteiger partial charge in [0.25, 0.3) is 0 Å². The third-order valence-electron chi connectivity index (χ3n) is 2.69. The van der Waals surface area contributed by atoms with E-state index in [1.54, 1.807) is 26.8 Å². The van der Waals surface area contributed by atoms with Gasteiger partial charge >= 0.3 is 6.09 Å². The Morgan fingerprint density at radius 1 is 1.26 bits per heavy atom. The first-order chi connectivity index (χ1) is 10.5. The zero-order chi connectivity index (χ0) is 17.7. The molecule has 0 fully saturated rings. The van der Waals surface area contributed by atoms with Gasteiger partial charge in [0, 0.05) is 18.8 Å². The van der Waals surface area contributed by atoms with Crippen LogP contribution in [0.2, 0.25) is 0 Å². The van der Waals surface area contributed by atoms with E-state index in [9.17, 15) is 13.2 Å². The quantitative estimate of drug-likeness (QED) is 0.453. The second-order valence-corrected chi connectivity index (χ2v) is 7.67. The number of amides is 1. The number of nitrogen functional groups attached to an aromatic ring is 1. The molecule has 1 aromatic carbocycles. The van der Waals surface area contributed by atoms with E-state index in [4.69, 9.17) is 10.5 Å². The predicted octanol–water partition coefficient (Wildman–Crippen LogP) is 1.11. The zero-order valence-corrected chi connectivity index (χ0v) is 14.6. The van der Waals surface area contributed by atoms with Crippen molar-refractivity contribution in [3.63, 3.8) is 0 Å². The summed E-state index contributed by atoms with van der Waals surface area (Å²) in [4.78, 5) is 11.5. The fourth-order valence-electron chi connectivity index (χ4n) is 1.70. The Morgan fingerprint density at radius 3 is 2.43 bits per heavy atom. The molecule has 1 rings (SSSR count). The van der Waals surface area contributed by atoms with Crippen molar-refractivity contribution in [3.8, 4) is 0 Å². The van der Waals surface area contributed by atoms with Crippen LogP contribution < -0.4 is 21.1 Å². The van der Waals surface area contributed by atoms with Crippen LogP contribution in [0.5, 0.6) is 0 Å². The van der Waals surface area contributed by atoms with E-state index in [2.05, 4.69) is 15.4 Å². The van der Waals surface area contributed by atoms with Crippen LogP contribution in [0.1, 0.15) is 20.8 Å². The van der Waals surface area contributed by atoms with E-state index in [-0.39, 0.29) is 10.6 Å². The lowest BCUT2D eigenvalue weighted by Gasteiger charge is -2.19. The van der Waals surface area contributed by atoms with Crippen LogP contribution in [0.3, 0.4) is 0 Å². The number of anilines is 2. The van der Waals surface area contributed by atoms with Gasteiger partial charge in [0.05, 0.1) is 5.69 Å². The minimum atomic E-state index is -3.58. The van der Waals surface area contributed by atoms with Gasteiger partial charge in [-0.25, -0.2) is 17.9 Å². The number of rotatable bonds is 6. The van der Waals surface area contributed by atoms with Crippen molar-refractivity contribution < 1.29 is 17.9 Å². The summed E-state index contributed by atoms with van der Waals surface area (Å²) in [6, 6.07) is 4.55. The van der Waals surface area contributed by atoms with E-state index in [0.717, 1.165) is 0 Å². The number of benzene rings is 1. The molecular formula is C14H24N4O4S. The minimum absolute atomic E-state index is 0.0254. The van der Waals surface area contributed by atoms with Gasteiger partial charge < -0.3 is 21.1 Å². The molecule has 0 radical (unpaired) electrons. The highest BCUT2D eigenvalue weighted by Crippen LogP contribution is 2.21. The van der Waals surface area contributed by atoms with Crippen LogP contribution in [-0.4, -0.2) is 40.2 Å². The van der Waals surface area contributed by atoms with Crippen LogP contribution in [0.4, 0.5) is 16.2 Å². The molecule has 5 N–H and O–H groups in total. The van der Waals surface area contributed by atoms with Crippen LogP contribution >= 0.6 is 0 Å². The molecule has 0 saturated carbocycles. The van der Waals surface area contributed by atoms with Gasteiger partial charge in [-0.1, -0.05) is 0 Å². The highest BCUT2D eigenvalue weighted by atomic mass is 32.2. The highest BCUT2D eigenvalue weighted by Gasteiger charge is 2.16. The molecule has 0 atom stereocenters. The molecule has 0 unspecified atom stereocenters. The average molecular weight is 344 g/mol. The molecule has 8 nitrogen and oxygen atoms in total. The largest absolute Gasteiger partial charge is 0.444 e. The van der Waals surface area contributed by atoms with E-state index >= 15 is 0 Å². The molecule has 0 aliphatic rings. The Labute approximate surface area is 136 Å². The number of hydrogen-bond donors (Lipinski definition) is 4. The van der Waals surface area contributed by atoms with E-state index in [1.165, 1.54) is 19.2 Å². The molecule has 0 saturated heterocycles. The van der Waals surface area contributed by atoms with Gasteiger partial charge in [-0.3, -0.25) is 0 Å². The summed E-state index contributed by atoms with van der Waals surface area (Å²) in [7, 11) is -2.25. The maximum Gasteiger partial charge on any atom is 0.407 e. The topological polar surface area (TPSA) is 123 Å². The van der Waals surface area contributed by atoms with Gasteiger partial charge in [-0.15, -0.1) is 0 Å². The summed E-state index contributed by atoms with van der Waals surface area (Å²) in [5.74, 6) is 0. The van der Waals surface area contributed by atoms with Crippen LogP contribution in [0.25, 0.3) is 0 Å². The van der Waals surface area contributed by atoms with Gasteiger partial charge in [0.15, 0.2) is 0 Å². The molecule has 1 aromatic rings. The summed E-state index contributed by atoms with van der Waals surface area (Å²) in [5, 5.41) is 5.64. The van der Waals surface area contributed by atoms with Crippen molar-refractivity contribution in [2.24, 2.45) is 0 Å². The molecule has 0 heterocycles. The van der Waals surface area contributed by atoms with Crippen LogP contribution in [0, 0.1) is 0 Å². The van der Waals surface area contributed by atoms with E-state index in [1.807, 2.05) is 0 Å². The number of nitrogens with one attached hydrogen (secondary N) is 3. The van der Waals surface area contributed by atoms with Crippen molar-refractivity contribution in [1.29, 1.82) is 0 Å². The number of alkyl carbamates (subject to hydrolysis) is 1. The SMILES string of the molecule is CNS(=O)(=O)c1ccc(NCCNC(=O)OC(C)(C)C)cc1N. The van der Waals surface area contributed by atoms with Gasteiger partial charge in [0.1, 0.15) is 10.5 Å². The van der Waals surface area contributed by atoms with Crippen molar-refractivity contribution in [2.45, 2.75) is 31.3 Å². The number of sulfonamides is 1. The lowest BCUT2D eigenvalue weighted by atomic mass is 10.2. The van der Waals surface area contributed by atoms with E-state index < -0.39 is 21.7 Å². The smallest absolute Gasteiger partial charge is 0.407 e. The normalized spacial score (nSPS) is 11.8. The molecule has 9 heteroatoms. The summed E-state index contributed by atoms with van der Waals surface area (Å²) in [5.41, 5.74) is 6.01. The first-order valence-electron chi connectivity index (χ1n) is 7.09. The van der Waals surface area contributed by atoms with Crippen molar-refractivity contribution in [2.75, 3.05) is 31.2 Å². The lowest BCUT2D eigenvalue weighted by Crippen LogP contribution is -2.35. The summed E-state index contributed by atoms with van der Waals surface area (Å²) < 4.78 is 30.7. The third-order valence-corrected chi connectivity index (χ3v) is 4.18. The number of carbonyl (C=O) groups excluding carboxylic acids is 1. The fourth-order valence-corrected chi connectivity index (χ4v) is 2.54. The molecule has 0 aliphatic carbocycles. The van der Waals surface area contributed by atoms with Gasteiger partial charge in [0.2, 0.25) is 10.0 Å². The standard InChI is InChI=1S/C14H24N4O4S/c1-14(2,3)22-13(19)18-8-7-17-10-5-6-12(11(15)9-10)23(20,21)16-4/h5-6,9,16-17H,7-8,15H2,1-4H3,(H,18,19). The lowest BCUT2D eigenvalue weighted by molar-refractivity contribution is 0.0530. The highest BCUT2D eigenvalue weighted by molar-refractivity contribution is 7.89. The Morgan fingerprint density at radius 2 is 1.91 bits per heavy atom. The molecule has 0 aliphatic heterocycles. The second kappa shape index (κ2) is 7.51. The summed E-state index contributed by atoms with van der Waals surface area (Å²) >= 11 is 0. The zero-order valence-electron chi connectivity index (χ0n) is 13.8. The first kappa shape index (κ1) is 19.0. The fraction of sp³-hybridized carbons (Fsp3) is 0.500. The number of hydrogen-bond acceptors (Lipinski definition) is 6. The summed E-state index contributed by atoms with van der Waals surface area (Å²) in [6.07, 6.45) is -0.491. The molecular weight excluding hydrogens is 320 g/mol. The average Bonchev–Trinajstić information content (AvgIpc) is 2.41. The minimum Gasteiger partial charge on any atom is -0.444 e.